The summed E-state index contributed by atoms with van der Waals surface area (Å²) in [6, 6.07) is 7.54. The Kier molecular flexibility index (Phi) is 3.68. The number of hydrogen-bond acceptors (Lipinski definition) is 1. The molecule has 1 aromatic rings. The molecule has 2 rings (SSSR count). The Labute approximate surface area is 94.3 Å². The second-order valence-corrected chi connectivity index (χ2v) is 3.91. The molecule has 1 nitrogen and oxygen atoms in total. The molecule has 1 N–H and O–H groups in total. The van der Waals surface area contributed by atoms with E-state index in [2.05, 4.69) is 5.32 Å². The molecule has 0 aromatic heterocycles. The third-order valence-corrected chi connectivity index (χ3v) is 2.55. The first kappa shape index (κ1) is 12.4. The maximum absolute atomic E-state index is 12.9. The van der Waals surface area contributed by atoms with Crippen molar-refractivity contribution in [3.63, 3.8) is 0 Å². The van der Waals surface area contributed by atoms with Crippen molar-refractivity contribution in [1.82, 2.24) is 5.32 Å². The summed E-state index contributed by atoms with van der Waals surface area (Å²) in [6.07, 6.45) is -0.0869. The summed E-state index contributed by atoms with van der Waals surface area (Å²) in [6.45, 7) is 1.77. The molecule has 1 aliphatic rings. The highest BCUT2D eigenvalue weighted by Gasteiger charge is 2.39. The number of nitrogens with one attached hydrogen (secondary N) is 1. The first-order valence-corrected chi connectivity index (χ1v) is 4.75. The summed E-state index contributed by atoms with van der Waals surface area (Å²) in [5, 5.41) is 2.84. The van der Waals surface area contributed by atoms with Gasteiger partial charge in [0, 0.05) is 12.5 Å². The van der Waals surface area contributed by atoms with E-state index in [0.717, 1.165) is 11.1 Å². The summed E-state index contributed by atoms with van der Waals surface area (Å²) in [7, 11) is 0. The Morgan fingerprint density at radius 1 is 1.40 bits per heavy atom. The molecule has 1 aliphatic heterocycles. The standard InChI is InChI=1S/C11H13F2N.ClH/c1-8-3-2-4-9(5-8)10-6-11(12,13)7-14-10;/h2-5,10,14H,6-7H2,1H3;1H. The Bertz CT molecular complexity index is 341. The number of benzene rings is 1. The molecule has 0 spiro atoms. The molecule has 0 saturated carbocycles. The van der Waals surface area contributed by atoms with Crippen LogP contribution in [0.4, 0.5) is 8.78 Å². The van der Waals surface area contributed by atoms with Crippen LogP contribution >= 0.6 is 12.4 Å². The summed E-state index contributed by atoms with van der Waals surface area (Å²) in [4.78, 5) is 0. The zero-order valence-corrected chi connectivity index (χ0v) is 9.28. The Hall–Kier alpha value is -0.670. The molecule has 1 heterocycles. The second kappa shape index (κ2) is 4.45. The molecule has 1 atom stereocenters. The third kappa shape index (κ3) is 2.89. The molecular weight excluding hydrogens is 220 g/mol. The molecule has 0 aliphatic carbocycles. The molecular formula is C11H14ClF2N. The molecule has 1 aromatic carbocycles. The second-order valence-electron chi connectivity index (χ2n) is 3.91. The van der Waals surface area contributed by atoms with Gasteiger partial charge in [0.15, 0.2) is 0 Å². The van der Waals surface area contributed by atoms with Crippen LogP contribution in [0, 0.1) is 6.92 Å². The van der Waals surface area contributed by atoms with Crippen molar-refractivity contribution in [2.24, 2.45) is 0 Å². The Balaban J connectivity index is 0.00000112. The van der Waals surface area contributed by atoms with E-state index >= 15 is 0 Å². The van der Waals surface area contributed by atoms with E-state index in [-0.39, 0.29) is 31.4 Å². The van der Waals surface area contributed by atoms with Crippen LogP contribution in [-0.4, -0.2) is 12.5 Å². The summed E-state index contributed by atoms with van der Waals surface area (Å²) in [5.41, 5.74) is 2.07. The van der Waals surface area contributed by atoms with E-state index in [1.807, 2.05) is 31.2 Å². The lowest BCUT2D eigenvalue weighted by atomic mass is 10.0. The van der Waals surface area contributed by atoms with Crippen LogP contribution < -0.4 is 5.32 Å². The van der Waals surface area contributed by atoms with Crippen molar-refractivity contribution in [2.75, 3.05) is 6.54 Å². The minimum absolute atomic E-state index is 0. The van der Waals surface area contributed by atoms with Crippen molar-refractivity contribution < 1.29 is 8.78 Å². The quantitative estimate of drug-likeness (QED) is 0.786. The normalized spacial score (nSPS) is 23.5. The number of aryl methyl sites for hydroxylation is 1. The van der Waals surface area contributed by atoms with E-state index in [9.17, 15) is 8.78 Å². The smallest absolute Gasteiger partial charge is 0.262 e. The monoisotopic (exact) mass is 233 g/mol. The summed E-state index contributed by atoms with van der Waals surface area (Å²) in [5.74, 6) is -2.55. The number of alkyl halides is 2. The molecule has 15 heavy (non-hydrogen) atoms. The fourth-order valence-corrected chi connectivity index (χ4v) is 1.84. The van der Waals surface area contributed by atoms with Gasteiger partial charge in [-0.15, -0.1) is 12.4 Å². The van der Waals surface area contributed by atoms with Gasteiger partial charge in [0.1, 0.15) is 0 Å². The minimum Gasteiger partial charge on any atom is -0.304 e. The van der Waals surface area contributed by atoms with Crippen molar-refractivity contribution in [2.45, 2.75) is 25.3 Å². The van der Waals surface area contributed by atoms with Gasteiger partial charge >= 0.3 is 0 Å². The van der Waals surface area contributed by atoms with Crippen molar-refractivity contribution in [1.29, 1.82) is 0 Å². The predicted molar refractivity (Wildman–Crippen MR) is 58.7 cm³/mol. The van der Waals surface area contributed by atoms with E-state index in [0.29, 0.717) is 0 Å². The summed E-state index contributed by atoms with van der Waals surface area (Å²) >= 11 is 0. The van der Waals surface area contributed by atoms with Gasteiger partial charge in [-0.1, -0.05) is 29.8 Å². The third-order valence-electron chi connectivity index (χ3n) is 2.55. The highest BCUT2D eigenvalue weighted by Crippen LogP contribution is 2.33. The van der Waals surface area contributed by atoms with Crippen LogP contribution in [0.15, 0.2) is 24.3 Å². The Morgan fingerprint density at radius 2 is 2.13 bits per heavy atom. The predicted octanol–water partition coefficient (Wildman–Crippen LogP) is 3.09. The molecule has 1 unspecified atom stereocenters. The minimum atomic E-state index is -2.55. The van der Waals surface area contributed by atoms with Gasteiger partial charge in [-0.2, -0.15) is 0 Å². The summed E-state index contributed by atoms with van der Waals surface area (Å²) < 4.78 is 25.8. The highest BCUT2D eigenvalue weighted by molar-refractivity contribution is 5.85. The first-order valence-electron chi connectivity index (χ1n) is 4.75. The van der Waals surface area contributed by atoms with E-state index < -0.39 is 5.92 Å². The maximum atomic E-state index is 12.9. The van der Waals surface area contributed by atoms with Gasteiger partial charge in [0.05, 0.1) is 6.54 Å². The van der Waals surface area contributed by atoms with Gasteiger partial charge in [-0.25, -0.2) is 8.78 Å². The van der Waals surface area contributed by atoms with Gasteiger partial charge in [-0.05, 0) is 12.5 Å². The van der Waals surface area contributed by atoms with Gasteiger partial charge in [0.25, 0.3) is 5.92 Å². The zero-order valence-electron chi connectivity index (χ0n) is 8.47. The van der Waals surface area contributed by atoms with Crippen LogP contribution in [0.1, 0.15) is 23.6 Å². The lowest BCUT2D eigenvalue weighted by Gasteiger charge is -2.10. The van der Waals surface area contributed by atoms with Crippen molar-refractivity contribution in [3.05, 3.63) is 35.4 Å². The Morgan fingerprint density at radius 3 is 2.67 bits per heavy atom. The van der Waals surface area contributed by atoms with Gasteiger partial charge in [0.2, 0.25) is 0 Å². The van der Waals surface area contributed by atoms with Crippen molar-refractivity contribution in [3.8, 4) is 0 Å². The zero-order chi connectivity index (χ0) is 10.2. The number of rotatable bonds is 1. The SMILES string of the molecule is Cc1cccc(C2CC(F)(F)CN2)c1.Cl. The van der Waals surface area contributed by atoms with Crippen LogP contribution in [0.2, 0.25) is 0 Å². The van der Waals surface area contributed by atoms with Gasteiger partial charge < -0.3 is 5.32 Å². The molecule has 4 heteroatoms. The number of hydrogen-bond donors (Lipinski definition) is 1. The lowest BCUT2D eigenvalue weighted by molar-refractivity contribution is 0.0210. The fourth-order valence-electron chi connectivity index (χ4n) is 1.84. The topological polar surface area (TPSA) is 12.0 Å². The van der Waals surface area contributed by atoms with Crippen LogP contribution in [0.25, 0.3) is 0 Å². The molecule has 1 fully saturated rings. The van der Waals surface area contributed by atoms with Gasteiger partial charge in [-0.3, -0.25) is 0 Å². The molecule has 0 amide bonds. The largest absolute Gasteiger partial charge is 0.304 e. The average Bonchev–Trinajstić information content (AvgIpc) is 2.46. The lowest BCUT2D eigenvalue weighted by Crippen LogP contribution is -2.19. The highest BCUT2D eigenvalue weighted by atomic mass is 35.5. The van der Waals surface area contributed by atoms with Crippen LogP contribution in [0.3, 0.4) is 0 Å². The molecule has 1 saturated heterocycles. The van der Waals surface area contributed by atoms with E-state index in [4.69, 9.17) is 0 Å². The van der Waals surface area contributed by atoms with Crippen molar-refractivity contribution >= 4 is 12.4 Å². The maximum Gasteiger partial charge on any atom is 0.262 e. The molecule has 0 bridgehead atoms. The van der Waals surface area contributed by atoms with Crippen LogP contribution in [0.5, 0.6) is 0 Å². The van der Waals surface area contributed by atoms with Crippen LogP contribution in [-0.2, 0) is 0 Å². The molecule has 0 radical (unpaired) electrons. The van der Waals surface area contributed by atoms with E-state index in [1.165, 1.54) is 0 Å². The average molecular weight is 234 g/mol. The van der Waals surface area contributed by atoms with E-state index in [1.54, 1.807) is 0 Å². The molecule has 84 valence electrons. The fraction of sp³-hybridized carbons (Fsp3) is 0.455. The first-order chi connectivity index (χ1) is 6.57. The number of halogens is 3.